The van der Waals surface area contributed by atoms with Crippen LogP contribution in [0.15, 0.2) is 18.2 Å². The van der Waals surface area contributed by atoms with Crippen LogP contribution in [-0.4, -0.2) is 41.7 Å². The molecule has 114 valence electrons. The van der Waals surface area contributed by atoms with E-state index in [1.54, 1.807) is 0 Å². The number of rotatable bonds is 3. The molecule has 4 nitrogen and oxygen atoms in total. The molecule has 1 amide bonds. The number of halogens is 2. The Morgan fingerprint density at radius 2 is 2.24 bits per heavy atom. The number of aliphatic hydroxyl groups excluding tert-OH is 1. The lowest BCUT2D eigenvalue weighted by Gasteiger charge is -2.17. The van der Waals surface area contributed by atoms with Crippen LogP contribution in [0.4, 0.5) is 10.1 Å². The average Bonchev–Trinajstić information content (AvgIpc) is 2.95. The molecule has 1 aliphatic carbocycles. The maximum atomic E-state index is 13.6. The molecule has 1 aliphatic heterocycles. The zero-order valence-electron chi connectivity index (χ0n) is 11.6. The fraction of sp³-hybridized carbons (Fsp3) is 0.533. The Bertz CT molecular complexity index is 554. The molecule has 2 fully saturated rings. The van der Waals surface area contributed by atoms with Crippen LogP contribution in [-0.2, 0) is 4.79 Å². The summed E-state index contributed by atoms with van der Waals surface area (Å²) >= 11 is 5.67. The molecule has 3 atom stereocenters. The Morgan fingerprint density at radius 3 is 2.95 bits per heavy atom. The van der Waals surface area contributed by atoms with Gasteiger partial charge in [-0.05, 0) is 37.0 Å². The van der Waals surface area contributed by atoms with E-state index in [0.717, 1.165) is 25.9 Å². The van der Waals surface area contributed by atoms with E-state index in [-0.39, 0.29) is 30.2 Å². The Hall–Kier alpha value is -1.17. The van der Waals surface area contributed by atoms with Crippen LogP contribution in [0.2, 0.25) is 5.02 Å². The third-order valence-electron chi connectivity index (χ3n) is 4.47. The van der Waals surface area contributed by atoms with Gasteiger partial charge in [-0.1, -0.05) is 11.6 Å². The number of carbonyl (C=O) groups is 1. The van der Waals surface area contributed by atoms with E-state index in [0.29, 0.717) is 10.9 Å². The van der Waals surface area contributed by atoms with Crippen LogP contribution in [0.5, 0.6) is 0 Å². The molecule has 0 bridgehead atoms. The van der Waals surface area contributed by atoms with Crippen LogP contribution < -0.4 is 5.32 Å². The Kier molecular flexibility index (Phi) is 4.15. The predicted molar refractivity (Wildman–Crippen MR) is 78.7 cm³/mol. The molecule has 1 saturated heterocycles. The van der Waals surface area contributed by atoms with Crippen LogP contribution in [0.3, 0.4) is 0 Å². The van der Waals surface area contributed by atoms with Crippen molar-refractivity contribution in [1.82, 2.24) is 4.90 Å². The van der Waals surface area contributed by atoms with Gasteiger partial charge in [-0.15, -0.1) is 0 Å². The number of aliphatic hydroxyl groups is 1. The lowest BCUT2D eigenvalue weighted by molar-refractivity contribution is -0.117. The van der Waals surface area contributed by atoms with Gasteiger partial charge >= 0.3 is 0 Å². The maximum Gasteiger partial charge on any atom is 0.238 e. The van der Waals surface area contributed by atoms with Gasteiger partial charge in [-0.25, -0.2) is 4.39 Å². The summed E-state index contributed by atoms with van der Waals surface area (Å²) in [6.07, 6.45) is 1.65. The van der Waals surface area contributed by atoms with Gasteiger partial charge in [0.15, 0.2) is 0 Å². The number of fused-ring (bicyclic) bond motifs is 1. The minimum Gasteiger partial charge on any atom is -0.393 e. The lowest BCUT2D eigenvalue weighted by atomic mass is 10.00. The fourth-order valence-corrected chi connectivity index (χ4v) is 3.60. The van der Waals surface area contributed by atoms with E-state index in [2.05, 4.69) is 5.32 Å². The lowest BCUT2D eigenvalue weighted by Crippen LogP contribution is -2.33. The second-order valence-corrected chi connectivity index (χ2v) is 6.37. The molecular weight excluding hydrogens is 295 g/mol. The smallest absolute Gasteiger partial charge is 0.238 e. The van der Waals surface area contributed by atoms with Crippen molar-refractivity contribution < 1.29 is 14.3 Å². The molecule has 0 aromatic heterocycles. The highest BCUT2D eigenvalue weighted by atomic mass is 35.5. The molecule has 21 heavy (non-hydrogen) atoms. The molecule has 3 unspecified atom stereocenters. The Balaban J connectivity index is 1.55. The molecule has 3 rings (SSSR count). The number of amides is 1. The van der Waals surface area contributed by atoms with Gasteiger partial charge < -0.3 is 10.4 Å². The summed E-state index contributed by atoms with van der Waals surface area (Å²) in [5.74, 6) is -0.0135. The molecule has 0 spiro atoms. The number of carbonyl (C=O) groups excluding carboxylic acids is 1. The Labute approximate surface area is 127 Å². The highest BCUT2D eigenvalue weighted by molar-refractivity contribution is 6.30. The number of anilines is 1. The van der Waals surface area contributed by atoms with Gasteiger partial charge in [0.05, 0.1) is 18.3 Å². The maximum absolute atomic E-state index is 13.6. The predicted octanol–water partition coefficient (Wildman–Crippen LogP) is 2.12. The number of nitrogens with one attached hydrogen (secondary N) is 1. The standard InChI is InChI=1S/C15H18ClFN2O2/c16-10-2-3-13(12(17)5-10)18-15(21)8-19-6-9-1-4-14(20)11(9)7-19/h2-3,5,9,11,14,20H,1,4,6-8H2,(H,18,21). The summed E-state index contributed by atoms with van der Waals surface area (Å²) in [6.45, 7) is 1.79. The largest absolute Gasteiger partial charge is 0.393 e. The summed E-state index contributed by atoms with van der Waals surface area (Å²) in [5, 5.41) is 12.7. The molecule has 1 saturated carbocycles. The van der Waals surface area contributed by atoms with Crippen molar-refractivity contribution in [2.45, 2.75) is 18.9 Å². The number of nitrogens with zero attached hydrogens (tertiary/aromatic N) is 1. The van der Waals surface area contributed by atoms with Crippen LogP contribution in [0.25, 0.3) is 0 Å². The van der Waals surface area contributed by atoms with E-state index >= 15 is 0 Å². The van der Waals surface area contributed by atoms with E-state index in [1.807, 2.05) is 4.90 Å². The van der Waals surface area contributed by atoms with E-state index in [4.69, 9.17) is 11.6 Å². The van der Waals surface area contributed by atoms with E-state index < -0.39 is 5.82 Å². The first-order valence-electron chi connectivity index (χ1n) is 7.18. The third kappa shape index (κ3) is 3.20. The molecule has 6 heteroatoms. The molecule has 1 heterocycles. The first-order valence-corrected chi connectivity index (χ1v) is 7.56. The second-order valence-electron chi connectivity index (χ2n) is 5.94. The van der Waals surface area contributed by atoms with Crippen molar-refractivity contribution in [3.05, 3.63) is 29.0 Å². The van der Waals surface area contributed by atoms with Gasteiger partial charge in [0.1, 0.15) is 5.82 Å². The first kappa shape index (κ1) is 14.8. The third-order valence-corrected chi connectivity index (χ3v) is 4.70. The van der Waals surface area contributed by atoms with Gasteiger partial charge in [0.2, 0.25) is 5.91 Å². The highest BCUT2D eigenvalue weighted by Gasteiger charge is 2.42. The zero-order valence-corrected chi connectivity index (χ0v) is 12.3. The topological polar surface area (TPSA) is 52.6 Å². The minimum atomic E-state index is -0.537. The first-order chi connectivity index (χ1) is 10.0. The van der Waals surface area contributed by atoms with Gasteiger partial charge in [-0.2, -0.15) is 0 Å². The van der Waals surface area contributed by atoms with E-state index in [1.165, 1.54) is 18.2 Å². The molecule has 1 aromatic carbocycles. The quantitative estimate of drug-likeness (QED) is 0.899. The highest BCUT2D eigenvalue weighted by Crippen LogP contribution is 2.37. The monoisotopic (exact) mass is 312 g/mol. The van der Waals surface area contributed by atoms with E-state index in [9.17, 15) is 14.3 Å². The molecule has 2 N–H and O–H groups in total. The normalized spacial score (nSPS) is 28.6. The zero-order chi connectivity index (χ0) is 15.0. The minimum absolute atomic E-state index is 0.142. The van der Waals surface area contributed by atoms with Crippen molar-refractivity contribution in [3.8, 4) is 0 Å². The van der Waals surface area contributed by atoms with Crippen LogP contribution >= 0.6 is 11.6 Å². The van der Waals surface area contributed by atoms with Gasteiger partial charge in [0.25, 0.3) is 0 Å². The molecular formula is C15H18ClFN2O2. The number of hydrogen-bond donors (Lipinski definition) is 2. The van der Waals surface area contributed by atoms with Gasteiger partial charge in [-0.3, -0.25) is 9.69 Å². The van der Waals surface area contributed by atoms with Crippen molar-refractivity contribution in [2.24, 2.45) is 11.8 Å². The van der Waals surface area contributed by atoms with Gasteiger partial charge in [0, 0.05) is 24.0 Å². The van der Waals surface area contributed by atoms with Crippen LogP contribution in [0.1, 0.15) is 12.8 Å². The fourth-order valence-electron chi connectivity index (χ4n) is 3.44. The van der Waals surface area contributed by atoms with Crippen molar-refractivity contribution in [3.63, 3.8) is 0 Å². The Morgan fingerprint density at radius 1 is 1.43 bits per heavy atom. The van der Waals surface area contributed by atoms with Crippen molar-refractivity contribution in [1.29, 1.82) is 0 Å². The summed E-state index contributed by atoms with van der Waals surface area (Å²) in [5.41, 5.74) is 0.142. The number of likely N-dealkylation sites (tertiary alicyclic amines) is 1. The SMILES string of the molecule is O=C(CN1CC2CCC(O)C2C1)Nc1ccc(Cl)cc1F. The summed E-state index contributed by atoms with van der Waals surface area (Å²) in [6, 6.07) is 4.17. The number of benzene rings is 1. The number of hydrogen-bond acceptors (Lipinski definition) is 3. The van der Waals surface area contributed by atoms with Crippen molar-refractivity contribution >= 4 is 23.2 Å². The molecule has 0 radical (unpaired) electrons. The second kappa shape index (κ2) is 5.91. The summed E-state index contributed by atoms with van der Waals surface area (Å²) in [7, 11) is 0. The molecule has 2 aliphatic rings. The molecule has 1 aromatic rings. The van der Waals surface area contributed by atoms with Crippen LogP contribution in [0, 0.1) is 17.7 Å². The summed E-state index contributed by atoms with van der Waals surface area (Å²) < 4.78 is 13.6. The summed E-state index contributed by atoms with van der Waals surface area (Å²) in [4.78, 5) is 14.0. The van der Waals surface area contributed by atoms with Crippen molar-refractivity contribution in [2.75, 3.05) is 25.0 Å². The average molecular weight is 313 g/mol.